The van der Waals surface area contributed by atoms with Crippen LogP contribution >= 0.6 is 24.0 Å². The van der Waals surface area contributed by atoms with Crippen LogP contribution in [0.25, 0.3) is 0 Å². The van der Waals surface area contributed by atoms with Crippen molar-refractivity contribution in [1.82, 2.24) is 10.6 Å². The Hall–Kier alpha value is -1.24. The average Bonchev–Trinajstić information content (AvgIpc) is 2.97. The van der Waals surface area contributed by atoms with E-state index in [2.05, 4.69) is 39.9 Å². The molecule has 5 heteroatoms. The van der Waals surface area contributed by atoms with Gasteiger partial charge in [-0.15, -0.1) is 24.0 Å². The maximum absolute atomic E-state index is 5.64. The molecule has 0 aromatic heterocycles. The maximum Gasteiger partial charge on any atom is 0.191 e. The van der Waals surface area contributed by atoms with Gasteiger partial charge in [0.05, 0.1) is 6.10 Å². The van der Waals surface area contributed by atoms with Crippen molar-refractivity contribution < 1.29 is 4.74 Å². The number of hydrogen-bond acceptors (Lipinski definition) is 2. The van der Waals surface area contributed by atoms with E-state index in [0.29, 0.717) is 6.04 Å². The van der Waals surface area contributed by atoms with Crippen molar-refractivity contribution in [2.45, 2.75) is 45.4 Å². The molecule has 0 heterocycles. The zero-order chi connectivity index (χ0) is 15.1. The Labute approximate surface area is 150 Å². The van der Waals surface area contributed by atoms with E-state index >= 15 is 0 Å². The van der Waals surface area contributed by atoms with Gasteiger partial charge in [-0.2, -0.15) is 0 Å². The lowest BCUT2D eigenvalue weighted by Crippen LogP contribution is -2.42. The Morgan fingerprint density at radius 2 is 1.86 bits per heavy atom. The van der Waals surface area contributed by atoms with E-state index in [9.17, 15) is 0 Å². The first-order valence-electron chi connectivity index (χ1n) is 7.55. The molecule has 0 unspecified atom stereocenters. The summed E-state index contributed by atoms with van der Waals surface area (Å²) >= 11 is 0. The molecule has 0 aliphatic heterocycles. The topological polar surface area (TPSA) is 45.7 Å². The molecule has 122 valence electrons. The fourth-order valence-corrected chi connectivity index (χ4v) is 2.27. The Balaban J connectivity index is 0.00000242. The molecule has 0 spiro atoms. The van der Waals surface area contributed by atoms with Crippen molar-refractivity contribution in [2.24, 2.45) is 4.99 Å². The lowest BCUT2D eigenvalue weighted by Gasteiger charge is -2.17. The second-order valence-electron chi connectivity index (χ2n) is 5.52. The Morgan fingerprint density at radius 3 is 2.41 bits per heavy atom. The van der Waals surface area contributed by atoms with Gasteiger partial charge in [0.2, 0.25) is 0 Å². The number of nitrogens with one attached hydrogen (secondary N) is 2. The van der Waals surface area contributed by atoms with Gasteiger partial charge in [0, 0.05) is 19.6 Å². The number of halogens is 1. The van der Waals surface area contributed by atoms with Crippen LogP contribution in [0.3, 0.4) is 0 Å². The van der Waals surface area contributed by atoms with E-state index in [1.807, 2.05) is 26.0 Å². The second-order valence-corrected chi connectivity index (χ2v) is 5.52. The molecule has 1 aromatic carbocycles. The number of nitrogens with zero attached hydrogens (tertiary/aromatic N) is 1. The number of hydrogen-bond donors (Lipinski definition) is 2. The molecule has 0 fully saturated rings. The predicted molar refractivity (Wildman–Crippen MR) is 103 cm³/mol. The molecule has 0 amide bonds. The minimum Gasteiger partial charge on any atom is -0.491 e. The largest absolute Gasteiger partial charge is 0.491 e. The standard InChI is InChI=1S/C17H25N3O.HI/c1-13(2)21-16-10-8-14(9-11-16)12-19-17(18-3)20-15-6-4-5-7-15;/h4-5,8-11,13,15H,6-7,12H2,1-3H3,(H2,18,19,20);1H. The van der Waals surface area contributed by atoms with Crippen LogP contribution in [0.4, 0.5) is 0 Å². The van der Waals surface area contributed by atoms with E-state index in [1.165, 1.54) is 5.56 Å². The maximum atomic E-state index is 5.64. The molecule has 4 nitrogen and oxygen atoms in total. The van der Waals surface area contributed by atoms with Crippen molar-refractivity contribution in [1.29, 1.82) is 0 Å². The Bertz CT molecular complexity index is 489. The first-order valence-corrected chi connectivity index (χ1v) is 7.55. The third kappa shape index (κ3) is 6.25. The van der Waals surface area contributed by atoms with Gasteiger partial charge in [0.15, 0.2) is 5.96 Å². The highest BCUT2D eigenvalue weighted by Crippen LogP contribution is 2.13. The van der Waals surface area contributed by atoms with E-state index in [0.717, 1.165) is 31.1 Å². The van der Waals surface area contributed by atoms with Crippen molar-refractivity contribution in [3.05, 3.63) is 42.0 Å². The second kappa shape index (κ2) is 9.71. The quantitative estimate of drug-likeness (QED) is 0.335. The number of benzene rings is 1. The Kier molecular flexibility index (Phi) is 8.30. The summed E-state index contributed by atoms with van der Waals surface area (Å²) in [6.07, 6.45) is 6.76. The van der Waals surface area contributed by atoms with Crippen molar-refractivity contribution in [3.8, 4) is 5.75 Å². The molecule has 1 aliphatic carbocycles. The highest BCUT2D eigenvalue weighted by Gasteiger charge is 2.11. The molecule has 2 N–H and O–H groups in total. The van der Waals surface area contributed by atoms with Crippen LogP contribution in [0, 0.1) is 0 Å². The molecular weight excluding hydrogens is 389 g/mol. The third-order valence-corrected chi connectivity index (χ3v) is 3.33. The summed E-state index contributed by atoms with van der Waals surface area (Å²) < 4.78 is 5.64. The van der Waals surface area contributed by atoms with Crippen molar-refractivity contribution in [2.75, 3.05) is 7.05 Å². The minimum absolute atomic E-state index is 0. The van der Waals surface area contributed by atoms with Crippen LogP contribution in [0.5, 0.6) is 5.75 Å². The molecule has 0 saturated heterocycles. The normalized spacial score (nSPS) is 14.8. The number of aliphatic imine (C=N–C) groups is 1. The molecule has 22 heavy (non-hydrogen) atoms. The lowest BCUT2D eigenvalue weighted by atomic mass is 10.2. The van der Waals surface area contributed by atoms with Crippen LogP contribution in [0.1, 0.15) is 32.3 Å². The summed E-state index contributed by atoms with van der Waals surface area (Å²) in [6.45, 7) is 4.81. The SMILES string of the molecule is CN=C(NCc1ccc(OC(C)C)cc1)NC1CC=CC1.I. The molecule has 0 atom stereocenters. The highest BCUT2D eigenvalue weighted by molar-refractivity contribution is 14.0. The molecule has 0 saturated carbocycles. The van der Waals surface area contributed by atoms with Crippen molar-refractivity contribution >= 4 is 29.9 Å². The molecule has 2 rings (SSSR count). The van der Waals surface area contributed by atoms with Gasteiger partial charge in [0.1, 0.15) is 5.75 Å². The highest BCUT2D eigenvalue weighted by atomic mass is 127. The summed E-state index contributed by atoms with van der Waals surface area (Å²) in [6, 6.07) is 8.64. The van der Waals surface area contributed by atoms with Gasteiger partial charge in [0.25, 0.3) is 0 Å². The first-order chi connectivity index (χ1) is 10.2. The third-order valence-electron chi connectivity index (χ3n) is 3.33. The average molecular weight is 415 g/mol. The number of rotatable bonds is 5. The van der Waals surface area contributed by atoms with Crippen LogP contribution in [-0.4, -0.2) is 25.2 Å². The smallest absolute Gasteiger partial charge is 0.191 e. The summed E-state index contributed by atoms with van der Waals surface area (Å²) in [7, 11) is 1.80. The van der Waals surface area contributed by atoms with Crippen molar-refractivity contribution in [3.63, 3.8) is 0 Å². The summed E-state index contributed by atoms with van der Waals surface area (Å²) in [5.74, 6) is 1.76. The molecule has 1 aliphatic rings. The summed E-state index contributed by atoms with van der Waals surface area (Å²) in [5.41, 5.74) is 1.21. The molecule has 0 bridgehead atoms. The van der Waals surface area contributed by atoms with Gasteiger partial charge in [-0.25, -0.2) is 0 Å². The van der Waals surface area contributed by atoms with Crippen LogP contribution in [-0.2, 0) is 6.54 Å². The Morgan fingerprint density at radius 1 is 1.23 bits per heavy atom. The van der Waals surface area contributed by atoms with Gasteiger partial charge >= 0.3 is 0 Å². The van der Waals surface area contributed by atoms with E-state index in [-0.39, 0.29) is 30.1 Å². The van der Waals surface area contributed by atoms with Gasteiger partial charge in [-0.1, -0.05) is 24.3 Å². The minimum atomic E-state index is 0. The van der Waals surface area contributed by atoms with Crippen LogP contribution in [0.15, 0.2) is 41.4 Å². The zero-order valence-corrected chi connectivity index (χ0v) is 15.8. The molecular formula is C17H26IN3O. The fourth-order valence-electron chi connectivity index (χ4n) is 2.27. The summed E-state index contributed by atoms with van der Waals surface area (Å²) in [5, 5.41) is 6.77. The lowest BCUT2D eigenvalue weighted by molar-refractivity contribution is 0.242. The van der Waals surface area contributed by atoms with E-state index in [4.69, 9.17) is 4.74 Å². The van der Waals surface area contributed by atoms with Gasteiger partial charge < -0.3 is 15.4 Å². The van der Waals surface area contributed by atoms with E-state index in [1.54, 1.807) is 7.05 Å². The monoisotopic (exact) mass is 415 g/mol. The molecule has 1 aromatic rings. The summed E-state index contributed by atoms with van der Waals surface area (Å²) in [4.78, 5) is 4.27. The van der Waals surface area contributed by atoms with Gasteiger partial charge in [-0.05, 0) is 44.4 Å². The van der Waals surface area contributed by atoms with E-state index < -0.39 is 0 Å². The van der Waals surface area contributed by atoms with Gasteiger partial charge in [-0.3, -0.25) is 4.99 Å². The number of guanidine groups is 1. The first kappa shape index (κ1) is 18.8. The van der Waals surface area contributed by atoms with Crippen LogP contribution in [0.2, 0.25) is 0 Å². The van der Waals surface area contributed by atoms with Crippen LogP contribution < -0.4 is 15.4 Å². The molecule has 0 radical (unpaired) electrons. The predicted octanol–water partition coefficient (Wildman–Crippen LogP) is 3.48. The number of ether oxygens (including phenoxy) is 1. The zero-order valence-electron chi connectivity index (χ0n) is 13.5. The fraction of sp³-hybridized carbons (Fsp3) is 0.471.